The van der Waals surface area contributed by atoms with Crippen molar-refractivity contribution in [2.75, 3.05) is 47.5 Å². The summed E-state index contributed by atoms with van der Waals surface area (Å²) in [5.74, 6) is -0.820. The van der Waals surface area contributed by atoms with Crippen LogP contribution in [0.3, 0.4) is 0 Å². The topological polar surface area (TPSA) is 111 Å². The van der Waals surface area contributed by atoms with Crippen LogP contribution in [0.15, 0.2) is 72.9 Å². The second-order valence-electron chi connectivity index (χ2n) is 24.2. The number of phosphoric ester groups is 1. The van der Waals surface area contributed by atoms with Crippen molar-refractivity contribution in [3.05, 3.63) is 72.9 Å². The standard InChI is InChI=1S/C71H130NO8P/c1-6-8-10-12-14-16-18-20-22-24-26-28-30-32-33-34-35-36-37-38-39-40-42-44-46-48-50-52-54-56-58-60-62-64-71(74)80-69(68-79-81(75,76)78-66-65-72(3,4)5)67-77-70(73)63-61-59-57-55-53-51-49-47-45-43-41-31-29-27-25-23-21-19-17-15-13-11-9-7-2/h8,10,14,16,20,22,26,28,32-33,35-36,69H,6-7,9,11-13,15,17-19,21,23-25,27,29-31,34,37-68H2,1-5H3/b10-8-,16-14-,22-20-,28-26-,33-32-,36-35-. The number of allylic oxidation sites excluding steroid dienone is 12. The highest BCUT2D eigenvalue weighted by molar-refractivity contribution is 7.45. The first kappa shape index (κ1) is 78.5. The predicted molar refractivity (Wildman–Crippen MR) is 346 cm³/mol. The molecule has 0 radical (unpaired) electrons. The summed E-state index contributed by atoms with van der Waals surface area (Å²) in [7, 11) is 1.18. The average Bonchev–Trinajstić information content (AvgIpc) is 3.43. The van der Waals surface area contributed by atoms with Crippen molar-refractivity contribution in [2.45, 2.75) is 322 Å². The average molecular weight is 1160 g/mol. The van der Waals surface area contributed by atoms with E-state index in [9.17, 15) is 19.0 Å². The predicted octanol–water partition coefficient (Wildman–Crippen LogP) is 21.4. The maximum atomic E-state index is 12.9. The van der Waals surface area contributed by atoms with Crippen molar-refractivity contribution in [3.8, 4) is 0 Å². The first-order chi connectivity index (χ1) is 39.5. The molecule has 472 valence electrons. The fourth-order valence-corrected chi connectivity index (χ4v) is 10.5. The summed E-state index contributed by atoms with van der Waals surface area (Å²) in [6, 6.07) is 0. The summed E-state index contributed by atoms with van der Waals surface area (Å²) >= 11 is 0. The van der Waals surface area contributed by atoms with E-state index < -0.39 is 26.5 Å². The second kappa shape index (κ2) is 62.0. The van der Waals surface area contributed by atoms with Crippen molar-refractivity contribution >= 4 is 19.8 Å². The molecule has 0 aromatic rings. The van der Waals surface area contributed by atoms with Crippen molar-refractivity contribution in [3.63, 3.8) is 0 Å². The second-order valence-corrected chi connectivity index (χ2v) is 25.6. The summed E-state index contributed by atoms with van der Waals surface area (Å²) in [5, 5.41) is 0. The Morgan fingerprint density at radius 3 is 1.05 bits per heavy atom. The van der Waals surface area contributed by atoms with Crippen LogP contribution >= 0.6 is 7.82 Å². The maximum Gasteiger partial charge on any atom is 0.306 e. The smallest absolute Gasteiger partial charge is 0.306 e. The highest BCUT2D eigenvalue weighted by Crippen LogP contribution is 2.38. The number of hydrogen-bond donors (Lipinski definition) is 0. The van der Waals surface area contributed by atoms with Crippen LogP contribution in [0.2, 0.25) is 0 Å². The zero-order valence-electron chi connectivity index (χ0n) is 53.7. The zero-order chi connectivity index (χ0) is 59.1. The molecule has 0 saturated carbocycles. The zero-order valence-corrected chi connectivity index (χ0v) is 54.6. The number of likely N-dealkylation sites (N-methyl/N-ethyl adjacent to an activating group) is 1. The fraction of sp³-hybridized carbons (Fsp3) is 0.803. The number of ether oxygens (including phenoxy) is 2. The van der Waals surface area contributed by atoms with E-state index in [-0.39, 0.29) is 32.0 Å². The highest BCUT2D eigenvalue weighted by atomic mass is 31.2. The van der Waals surface area contributed by atoms with E-state index in [0.717, 1.165) is 77.0 Å². The Labute approximate surface area is 501 Å². The lowest BCUT2D eigenvalue weighted by molar-refractivity contribution is -0.870. The Hall–Kier alpha value is -2.55. The quantitative estimate of drug-likeness (QED) is 0.0195. The Bertz CT molecular complexity index is 1600. The van der Waals surface area contributed by atoms with Gasteiger partial charge in [0, 0.05) is 12.8 Å². The van der Waals surface area contributed by atoms with Crippen LogP contribution in [-0.2, 0) is 32.7 Å². The first-order valence-electron chi connectivity index (χ1n) is 34.1. The van der Waals surface area contributed by atoms with Gasteiger partial charge in [0.2, 0.25) is 0 Å². The number of hydrogen-bond acceptors (Lipinski definition) is 8. The number of unbranched alkanes of at least 4 members (excludes halogenated alkanes) is 37. The van der Waals surface area contributed by atoms with Crippen LogP contribution in [0.5, 0.6) is 0 Å². The van der Waals surface area contributed by atoms with E-state index in [0.29, 0.717) is 17.4 Å². The van der Waals surface area contributed by atoms with Gasteiger partial charge in [-0.15, -0.1) is 0 Å². The number of quaternary nitrogens is 1. The number of esters is 2. The van der Waals surface area contributed by atoms with Gasteiger partial charge in [0.1, 0.15) is 19.8 Å². The van der Waals surface area contributed by atoms with E-state index in [1.165, 1.54) is 205 Å². The van der Waals surface area contributed by atoms with Gasteiger partial charge >= 0.3 is 11.9 Å². The molecule has 2 unspecified atom stereocenters. The lowest BCUT2D eigenvalue weighted by Crippen LogP contribution is -2.37. The van der Waals surface area contributed by atoms with Crippen LogP contribution in [0.1, 0.15) is 316 Å². The molecule has 81 heavy (non-hydrogen) atoms. The van der Waals surface area contributed by atoms with E-state index in [1.54, 1.807) is 0 Å². The summed E-state index contributed by atoms with van der Waals surface area (Å²) in [6.07, 6.45) is 82.6. The van der Waals surface area contributed by atoms with Crippen LogP contribution in [-0.4, -0.2) is 70.0 Å². The number of nitrogens with zero attached hydrogens (tertiary/aromatic N) is 1. The van der Waals surface area contributed by atoms with E-state index in [1.807, 2.05) is 21.1 Å². The van der Waals surface area contributed by atoms with Crippen molar-refractivity contribution in [2.24, 2.45) is 0 Å². The van der Waals surface area contributed by atoms with Crippen molar-refractivity contribution in [1.29, 1.82) is 0 Å². The summed E-state index contributed by atoms with van der Waals surface area (Å²) < 4.78 is 34.3. The Morgan fingerprint density at radius 2 is 0.704 bits per heavy atom. The normalized spacial score (nSPS) is 13.6. The molecule has 0 N–H and O–H groups in total. The van der Waals surface area contributed by atoms with Gasteiger partial charge in [-0.05, 0) is 64.2 Å². The maximum absolute atomic E-state index is 12.9. The van der Waals surface area contributed by atoms with Gasteiger partial charge in [0.25, 0.3) is 7.82 Å². The van der Waals surface area contributed by atoms with Crippen LogP contribution < -0.4 is 4.89 Å². The molecule has 0 aliphatic carbocycles. The molecule has 0 fully saturated rings. The molecule has 0 saturated heterocycles. The molecule has 10 heteroatoms. The molecular weight excluding hydrogens is 1030 g/mol. The van der Waals surface area contributed by atoms with Gasteiger partial charge in [-0.3, -0.25) is 14.2 Å². The van der Waals surface area contributed by atoms with Crippen LogP contribution in [0.25, 0.3) is 0 Å². The third-order valence-corrected chi connectivity index (χ3v) is 16.0. The third-order valence-electron chi connectivity index (χ3n) is 15.0. The minimum atomic E-state index is -4.64. The Kier molecular flexibility index (Phi) is 60.0. The Balaban J connectivity index is 4.04. The van der Waals surface area contributed by atoms with Gasteiger partial charge in [-0.25, -0.2) is 0 Å². The minimum Gasteiger partial charge on any atom is -0.756 e. The molecule has 9 nitrogen and oxygen atoms in total. The third kappa shape index (κ3) is 66.5. The van der Waals surface area contributed by atoms with Gasteiger partial charge in [-0.1, -0.05) is 311 Å². The lowest BCUT2D eigenvalue weighted by atomic mass is 10.0. The van der Waals surface area contributed by atoms with Crippen molar-refractivity contribution < 1.29 is 42.1 Å². The molecule has 0 rings (SSSR count). The molecular formula is C71H130NO8P. The Morgan fingerprint density at radius 1 is 0.395 bits per heavy atom. The van der Waals surface area contributed by atoms with Gasteiger partial charge in [0.15, 0.2) is 6.10 Å². The first-order valence-corrected chi connectivity index (χ1v) is 35.6. The van der Waals surface area contributed by atoms with E-state index >= 15 is 0 Å². The van der Waals surface area contributed by atoms with Gasteiger partial charge in [-0.2, -0.15) is 0 Å². The summed E-state index contributed by atoms with van der Waals surface area (Å²) in [6.45, 7) is 4.18. The lowest BCUT2D eigenvalue weighted by Gasteiger charge is -2.28. The van der Waals surface area contributed by atoms with Crippen LogP contribution in [0.4, 0.5) is 0 Å². The minimum absolute atomic E-state index is 0.0307. The van der Waals surface area contributed by atoms with Gasteiger partial charge in [0.05, 0.1) is 27.7 Å². The molecule has 0 bridgehead atoms. The molecule has 0 heterocycles. The number of phosphoric acid groups is 1. The highest BCUT2D eigenvalue weighted by Gasteiger charge is 2.22. The summed E-state index contributed by atoms with van der Waals surface area (Å²) in [4.78, 5) is 38.0. The van der Waals surface area contributed by atoms with Crippen LogP contribution in [0, 0.1) is 0 Å². The van der Waals surface area contributed by atoms with E-state index in [2.05, 4.69) is 86.8 Å². The number of rotatable bonds is 63. The molecule has 0 aromatic carbocycles. The SMILES string of the molecule is CC/C=C\C/C=C\C/C=C\C/C=C\C/C=C\C/C=C\CCCCCCCCCCCCCCCCC(=O)OC(COC(=O)CCCCCCCCCCCCCCCCCCCCCCCCCC)COP(=O)([O-])OCC[N+](C)(C)C. The van der Waals surface area contributed by atoms with Gasteiger partial charge < -0.3 is 27.9 Å². The molecule has 0 aliphatic heterocycles. The molecule has 0 spiro atoms. The number of carbonyl (C=O) groups is 2. The molecule has 0 aromatic heterocycles. The summed E-state index contributed by atoms with van der Waals surface area (Å²) in [5.41, 5.74) is 0. The van der Waals surface area contributed by atoms with Crippen molar-refractivity contribution in [1.82, 2.24) is 0 Å². The molecule has 2 atom stereocenters. The van der Waals surface area contributed by atoms with E-state index in [4.69, 9.17) is 18.5 Å². The largest absolute Gasteiger partial charge is 0.756 e. The monoisotopic (exact) mass is 1160 g/mol. The fourth-order valence-electron chi connectivity index (χ4n) is 9.78. The molecule has 0 aliphatic rings. The molecule has 0 amide bonds. The number of carbonyl (C=O) groups excluding carboxylic acids is 2.